The molecule has 4 nitrogen and oxygen atoms in total. The predicted octanol–water partition coefficient (Wildman–Crippen LogP) is 1.39. The van der Waals surface area contributed by atoms with Gasteiger partial charge in [0.15, 0.2) is 0 Å². The van der Waals surface area contributed by atoms with Gasteiger partial charge in [-0.05, 0) is 17.7 Å². The Bertz CT molecular complexity index is 491. The van der Waals surface area contributed by atoms with Crippen molar-refractivity contribution in [3.63, 3.8) is 0 Å². The first-order valence-corrected chi connectivity index (χ1v) is 6.15. The molecule has 0 aliphatic carbocycles. The summed E-state index contributed by atoms with van der Waals surface area (Å²) in [6, 6.07) is 4.96. The van der Waals surface area contributed by atoms with Crippen molar-refractivity contribution in [2.75, 3.05) is 19.7 Å². The molecular weight excluding hydrogens is 273 g/mol. The number of alkyl halides is 3. The molecule has 0 saturated carbocycles. The van der Waals surface area contributed by atoms with Gasteiger partial charge in [0.25, 0.3) is 0 Å². The molecule has 110 valence electrons. The second-order valence-electron chi connectivity index (χ2n) is 4.64. The van der Waals surface area contributed by atoms with Gasteiger partial charge < -0.3 is 15.4 Å². The number of hydrogen-bond acceptors (Lipinski definition) is 3. The molecule has 1 aliphatic heterocycles. The second kappa shape index (κ2) is 5.80. The van der Waals surface area contributed by atoms with Gasteiger partial charge in [0.2, 0.25) is 5.91 Å². The Labute approximate surface area is 114 Å². The first kappa shape index (κ1) is 14.8. The van der Waals surface area contributed by atoms with Gasteiger partial charge in [0, 0.05) is 19.6 Å². The number of morpholine rings is 1. The van der Waals surface area contributed by atoms with Gasteiger partial charge >= 0.3 is 6.18 Å². The van der Waals surface area contributed by atoms with Gasteiger partial charge in [-0.2, -0.15) is 13.2 Å². The number of nitrogens with zero attached hydrogens (tertiary/aromatic N) is 1. The van der Waals surface area contributed by atoms with Crippen molar-refractivity contribution in [2.45, 2.75) is 18.8 Å². The zero-order valence-electron chi connectivity index (χ0n) is 10.7. The lowest BCUT2D eigenvalue weighted by molar-refractivity contribution is -0.149. The number of carbonyl (C=O) groups excluding carboxylic acids is 1. The monoisotopic (exact) mass is 288 g/mol. The number of benzene rings is 1. The van der Waals surface area contributed by atoms with Crippen LogP contribution >= 0.6 is 0 Å². The van der Waals surface area contributed by atoms with Crippen LogP contribution in [0.5, 0.6) is 0 Å². The number of hydrogen-bond donors (Lipinski definition) is 1. The molecule has 0 aromatic heterocycles. The van der Waals surface area contributed by atoms with Crippen molar-refractivity contribution in [3.05, 3.63) is 35.4 Å². The van der Waals surface area contributed by atoms with Crippen LogP contribution in [0.4, 0.5) is 13.2 Å². The van der Waals surface area contributed by atoms with Crippen molar-refractivity contribution in [2.24, 2.45) is 5.73 Å². The standard InChI is InChI=1S/C13H15F3N2O2/c14-13(15,16)10-3-1-2-9(4-10)6-18-7-11(5-17)20-8-12(18)19/h1-4,11H,5-8,17H2. The van der Waals surface area contributed by atoms with E-state index in [-0.39, 0.29) is 31.7 Å². The average molecular weight is 288 g/mol. The summed E-state index contributed by atoms with van der Waals surface area (Å²) in [7, 11) is 0. The Kier molecular flexibility index (Phi) is 4.29. The van der Waals surface area contributed by atoms with Gasteiger partial charge in [0.1, 0.15) is 6.61 Å². The number of carbonyl (C=O) groups is 1. The molecule has 1 aromatic rings. The van der Waals surface area contributed by atoms with Crippen molar-refractivity contribution in [1.82, 2.24) is 4.90 Å². The van der Waals surface area contributed by atoms with Crippen LogP contribution in [0.15, 0.2) is 24.3 Å². The first-order chi connectivity index (χ1) is 9.40. The summed E-state index contributed by atoms with van der Waals surface area (Å²) in [5.74, 6) is -0.243. The molecule has 1 aliphatic rings. The van der Waals surface area contributed by atoms with E-state index in [0.717, 1.165) is 12.1 Å². The Hall–Kier alpha value is -1.60. The first-order valence-electron chi connectivity index (χ1n) is 6.15. The third-order valence-electron chi connectivity index (χ3n) is 3.11. The van der Waals surface area contributed by atoms with Crippen LogP contribution < -0.4 is 5.73 Å². The predicted molar refractivity (Wildman–Crippen MR) is 65.7 cm³/mol. The van der Waals surface area contributed by atoms with Crippen LogP contribution in [-0.2, 0) is 22.3 Å². The lowest BCUT2D eigenvalue weighted by Gasteiger charge is -2.32. The van der Waals surface area contributed by atoms with Gasteiger partial charge in [-0.3, -0.25) is 4.79 Å². The van der Waals surface area contributed by atoms with Gasteiger partial charge in [-0.25, -0.2) is 0 Å². The maximum Gasteiger partial charge on any atom is 0.416 e. The molecule has 2 rings (SSSR count). The summed E-state index contributed by atoms with van der Waals surface area (Å²) in [6.07, 6.45) is -4.65. The quantitative estimate of drug-likeness (QED) is 0.914. The minimum absolute atomic E-state index is 0.0825. The van der Waals surface area contributed by atoms with E-state index >= 15 is 0 Å². The summed E-state index contributed by atoms with van der Waals surface area (Å²) in [6.45, 7) is 0.612. The smallest absolute Gasteiger partial charge is 0.365 e. The van der Waals surface area contributed by atoms with Crippen molar-refractivity contribution in [3.8, 4) is 0 Å². The topological polar surface area (TPSA) is 55.6 Å². The average Bonchev–Trinajstić information content (AvgIpc) is 2.41. The highest BCUT2D eigenvalue weighted by Gasteiger charge is 2.31. The molecule has 0 radical (unpaired) electrons. The van der Waals surface area contributed by atoms with Crippen molar-refractivity contribution >= 4 is 5.91 Å². The minimum Gasteiger partial charge on any atom is -0.365 e. The van der Waals surface area contributed by atoms with Crippen LogP contribution in [0, 0.1) is 0 Å². The number of halogens is 3. The van der Waals surface area contributed by atoms with Crippen LogP contribution in [-0.4, -0.2) is 36.6 Å². The number of nitrogens with two attached hydrogens (primary N) is 1. The summed E-state index contributed by atoms with van der Waals surface area (Å²) in [5, 5.41) is 0. The van der Waals surface area contributed by atoms with Gasteiger partial charge in [-0.15, -0.1) is 0 Å². The molecule has 7 heteroatoms. The van der Waals surface area contributed by atoms with E-state index < -0.39 is 11.7 Å². The van der Waals surface area contributed by atoms with Crippen LogP contribution in [0.1, 0.15) is 11.1 Å². The third-order valence-corrected chi connectivity index (χ3v) is 3.11. The maximum absolute atomic E-state index is 12.6. The van der Waals surface area contributed by atoms with E-state index in [4.69, 9.17) is 10.5 Å². The molecule has 2 N–H and O–H groups in total. The van der Waals surface area contributed by atoms with Gasteiger partial charge in [-0.1, -0.05) is 12.1 Å². The largest absolute Gasteiger partial charge is 0.416 e. The third kappa shape index (κ3) is 3.49. The minimum atomic E-state index is -4.38. The molecule has 0 bridgehead atoms. The molecule has 0 spiro atoms. The molecule has 1 unspecified atom stereocenters. The Morgan fingerprint density at radius 1 is 1.40 bits per heavy atom. The normalized spacial score (nSPS) is 20.3. The second-order valence-corrected chi connectivity index (χ2v) is 4.64. The lowest BCUT2D eigenvalue weighted by atomic mass is 10.1. The molecule has 20 heavy (non-hydrogen) atoms. The van der Waals surface area contributed by atoms with E-state index in [0.29, 0.717) is 12.1 Å². The summed E-state index contributed by atoms with van der Waals surface area (Å²) < 4.78 is 43.1. The fourth-order valence-corrected chi connectivity index (χ4v) is 2.04. The van der Waals surface area contributed by atoms with Crippen LogP contribution in [0.3, 0.4) is 0 Å². The molecule has 1 saturated heterocycles. The Morgan fingerprint density at radius 2 is 2.15 bits per heavy atom. The highest BCUT2D eigenvalue weighted by Crippen LogP contribution is 2.29. The number of ether oxygens (including phenoxy) is 1. The summed E-state index contributed by atoms with van der Waals surface area (Å²) in [4.78, 5) is 13.1. The lowest BCUT2D eigenvalue weighted by Crippen LogP contribution is -2.48. The maximum atomic E-state index is 12.6. The van der Waals surface area contributed by atoms with E-state index in [1.165, 1.54) is 11.0 Å². The fourth-order valence-electron chi connectivity index (χ4n) is 2.04. The SMILES string of the molecule is NCC1CN(Cc2cccc(C(F)(F)F)c2)C(=O)CO1. The molecule has 1 atom stereocenters. The molecule has 1 fully saturated rings. The fraction of sp³-hybridized carbons (Fsp3) is 0.462. The van der Waals surface area contributed by atoms with Crippen LogP contribution in [0.2, 0.25) is 0 Å². The highest BCUT2D eigenvalue weighted by atomic mass is 19.4. The van der Waals surface area contributed by atoms with Gasteiger partial charge in [0.05, 0.1) is 11.7 Å². The van der Waals surface area contributed by atoms with E-state index in [1.807, 2.05) is 0 Å². The van der Waals surface area contributed by atoms with Crippen molar-refractivity contribution < 1.29 is 22.7 Å². The summed E-state index contributed by atoms with van der Waals surface area (Å²) >= 11 is 0. The zero-order chi connectivity index (χ0) is 14.8. The highest BCUT2D eigenvalue weighted by molar-refractivity contribution is 5.78. The van der Waals surface area contributed by atoms with E-state index in [2.05, 4.69) is 0 Å². The van der Waals surface area contributed by atoms with E-state index in [1.54, 1.807) is 6.07 Å². The molecule has 1 aromatic carbocycles. The Balaban J connectivity index is 2.11. The van der Waals surface area contributed by atoms with E-state index in [9.17, 15) is 18.0 Å². The number of rotatable bonds is 3. The Morgan fingerprint density at radius 3 is 2.80 bits per heavy atom. The van der Waals surface area contributed by atoms with Crippen LogP contribution in [0.25, 0.3) is 0 Å². The molecule has 1 heterocycles. The molecular formula is C13H15F3N2O2. The number of amides is 1. The zero-order valence-corrected chi connectivity index (χ0v) is 10.7. The summed E-state index contributed by atoms with van der Waals surface area (Å²) in [5.41, 5.74) is 5.19. The molecule has 1 amide bonds. The van der Waals surface area contributed by atoms with Crippen molar-refractivity contribution in [1.29, 1.82) is 0 Å².